The Morgan fingerprint density at radius 3 is 2.92 bits per heavy atom. The molecule has 2 aromatic heterocycles. The number of nitrogens with zero attached hydrogens (tertiary/aromatic N) is 1. The molecule has 12 heavy (non-hydrogen) atoms. The normalized spacial score (nSPS) is 10.8. The van der Waals surface area contributed by atoms with Crippen molar-refractivity contribution in [2.24, 2.45) is 0 Å². The predicted molar refractivity (Wildman–Crippen MR) is 44.6 cm³/mol. The van der Waals surface area contributed by atoms with E-state index in [9.17, 15) is 9.59 Å². The van der Waals surface area contributed by atoms with E-state index in [0.717, 1.165) is 0 Å². The Balaban J connectivity index is 3.20. The molecule has 4 heteroatoms. The fraction of sp³-hybridized carbons (Fsp3) is 0.125. The van der Waals surface area contributed by atoms with Crippen molar-refractivity contribution in [3.05, 3.63) is 38.3 Å². The van der Waals surface area contributed by atoms with Crippen LogP contribution in [0, 0.1) is 6.92 Å². The molecule has 0 aliphatic heterocycles. The molecule has 2 heterocycles. The van der Waals surface area contributed by atoms with Crippen molar-refractivity contribution in [1.82, 2.24) is 9.97 Å². The molecule has 0 saturated carbocycles. The van der Waals surface area contributed by atoms with E-state index < -0.39 is 0 Å². The van der Waals surface area contributed by atoms with Gasteiger partial charge in [0.05, 0.1) is 6.20 Å². The largest absolute Gasteiger partial charge is 0.332 e. The fourth-order valence-corrected chi connectivity index (χ4v) is 1.09. The van der Waals surface area contributed by atoms with Gasteiger partial charge in [0, 0.05) is 5.56 Å². The van der Waals surface area contributed by atoms with Crippen LogP contribution in [0.3, 0.4) is 0 Å². The average molecular weight is 162 g/mol. The summed E-state index contributed by atoms with van der Waals surface area (Å²) in [6, 6.07) is 1.32. The molecule has 0 aliphatic rings. The number of imidazole rings is 1. The third-order valence-electron chi connectivity index (χ3n) is 1.76. The standard InChI is InChI=1S/C8H6N2O2/c1-4-2-6(11)5-3-9-8(10-5)7(4)12/h2-3H,1H3,(H,9,10). The van der Waals surface area contributed by atoms with Crippen molar-refractivity contribution in [2.75, 3.05) is 0 Å². The number of nitrogens with one attached hydrogen (secondary N) is 1. The van der Waals surface area contributed by atoms with Gasteiger partial charge in [0.1, 0.15) is 5.52 Å². The highest BCUT2D eigenvalue weighted by molar-refractivity contribution is 5.54. The summed E-state index contributed by atoms with van der Waals surface area (Å²) in [6.45, 7) is 1.60. The van der Waals surface area contributed by atoms with Crippen LogP contribution in [-0.4, -0.2) is 9.97 Å². The molecule has 2 rings (SSSR count). The number of aryl methyl sites for hydroxylation is 1. The van der Waals surface area contributed by atoms with Crippen LogP contribution in [0.25, 0.3) is 11.2 Å². The molecule has 0 aliphatic carbocycles. The van der Waals surface area contributed by atoms with Crippen LogP contribution >= 0.6 is 0 Å². The third kappa shape index (κ3) is 0.812. The summed E-state index contributed by atoms with van der Waals surface area (Å²) in [6.07, 6.45) is 1.37. The van der Waals surface area contributed by atoms with Crippen LogP contribution < -0.4 is 10.9 Å². The Bertz CT molecular complexity index is 530. The van der Waals surface area contributed by atoms with Crippen molar-refractivity contribution >= 4 is 11.2 Å². The maximum atomic E-state index is 11.3. The van der Waals surface area contributed by atoms with Crippen molar-refractivity contribution in [3.63, 3.8) is 0 Å². The highest BCUT2D eigenvalue weighted by Gasteiger charge is 2.02. The van der Waals surface area contributed by atoms with Gasteiger partial charge >= 0.3 is 0 Å². The number of rotatable bonds is 0. The van der Waals surface area contributed by atoms with Crippen LogP contribution in [-0.2, 0) is 0 Å². The molecule has 2 bridgehead atoms. The summed E-state index contributed by atoms with van der Waals surface area (Å²) < 4.78 is 0. The highest BCUT2D eigenvalue weighted by atomic mass is 16.1. The van der Waals surface area contributed by atoms with Gasteiger partial charge in [0.25, 0.3) is 0 Å². The molecule has 4 nitrogen and oxygen atoms in total. The van der Waals surface area contributed by atoms with Gasteiger partial charge in [-0.15, -0.1) is 0 Å². The van der Waals surface area contributed by atoms with E-state index in [0.29, 0.717) is 11.1 Å². The molecule has 0 fully saturated rings. The van der Waals surface area contributed by atoms with Crippen LogP contribution in [0.2, 0.25) is 0 Å². The summed E-state index contributed by atoms with van der Waals surface area (Å²) in [5, 5.41) is 0. The first kappa shape index (κ1) is 6.97. The van der Waals surface area contributed by atoms with Crippen LogP contribution in [0.1, 0.15) is 5.56 Å². The minimum Gasteiger partial charge on any atom is -0.332 e. The summed E-state index contributed by atoms with van der Waals surface area (Å²) in [5.41, 5.74) is 0.623. The van der Waals surface area contributed by atoms with E-state index in [4.69, 9.17) is 0 Å². The molecule has 0 unspecified atom stereocenters. The molecule has 0 spiro atoms. The lowest BCUT2D eigenvalue weighted by Gasteiger charge is -1.78. The van der Waals surface area contributed by atoms with E-state index in [1.807, 2.05) is 0 Å². The Labute approximate surface area is 67.2 Å². The maximum absolute atomic E-state index is 11.3. The number of hydrogen-bond donors (Lipinski definition) is 1. The topological polar surface area (TPSA) is 62.8 Å². The van der Waals surface area contributed by atoms with E-state index in [1.165, 1.54) is 12.3 Å². The second kappa shape index (κ2) is 2.14. The summed E-state index contributed by atoms with van der Waals surface area (Å²) in [5.74, 6) is 0. The zero-order valence-corrected chi connectivity index (χ0v) is 6.42. The molecular formula is C8H6N2O2. The molecule has 0 atom stereocenters. The van der Waals surface area contributed by atoms with Gasteiger partial charge in [-0.2, -0.15) is 0 Å². The first-order valence-electron chi connectivity index (χ1n) is 3.51. The van der Waals surface area contributed by atoms with Gasteiger partial charge in [0.15, 0.2) is 5.65 Å². The number of aromatic nitrogens is 2. The predicted octanol–water partition coefficient (Wildman–Crippen LogP) is 0.0295. The molecular weight excluding hydrogens is 156 g/mol. The summed E-state index contributed by atoms with van der Waals surface area (Å²) in [7, 11) is 0. The van der Waals surface area contributed by atoms with E-state index >= 15 is 0 Å². The monoisotopic (exact) mass is 162 g/mol. The number of hydrogen-bond acceptors (Lipinski definition) is 3. The van der Waals surface area contributed by atoms with Gasteiger partial charge in [-0.1, -0.05) is 0 Å². The van der Waals surface area contributed by atoms with E-state index in [1.54, 1.807) is 6.92 Å². The zero-order chi connectivity index (χ0) is 8.72. The number of fused-ring (bicyclic) bond motifs is 2. The third-order valence-corrected chi connectivity index (χ3v) is 1.76. The van der Waals surface area contributed by atoms with E-state index in [-0.39, 0.29) is 16.5 Å². The van der Waals surface area contributed by atoms with E-state index in [2.05, 4.69) is 9.97 Å². The lowest BCUT2D eigenvalue weighted by molar-refractivity contribution is 1.35. The molecule has 2 aromatic rings. The lowest BCUT2D eigenvalue weighted by Crippen LogP contribution is -2.04. The van der Waals surface area contributed by atoms with Gasteiger partial charge in [-0.25, -0.2) is 4.98 Å². The second-order valence-electron chi connectivity index (χ2n) is 2.67. The molecule has 0 radical (unpaired) electrons. The average Bonchev–Trinajstić information content (AvgIpc) is 2.47. The highest BCUT2D eigenvalue weighted by Crippen LogP contribution is 1.93. The Morgan fingerprint density at radius 2 is 2.17 bits per heavy atom. The van der Waals surface area contributed by atoms with Crippen molar-refractivity contribution < 1.29 is 0 Å². The minimum atomic E-state index is -0.216. The first-order valence-corrected chi connectivity index (χ1v) is 3.51. The summed E-state index contributed by atoms with van der Waals surface area (Å²) in [4.78, 5) is 28.9. The van der Waals surface area contributed by atoms with Gasteiger partial charge in [0.2, 0.25) is 10.9 Å². The molecule has 1 N–H and O–H groups in total. The van der Waals surface area contributed by atoms with Gasteiger partial charge < -0.3 is 4.98 Å². The Hall–Kier alpha value is -1.71. The van der Waals surface area contributed by atoms with Crippen molar-refractivity contribution in [3.8, 4) is 0 Å². The Kier molecular flexibility index (Phi) is 1.24. The quantitative estimate of drug-likeness (QED) is 0.594. The Morgan fingerprint density at radius 1 is 1.42 bits per heavy atom. The lowest BCUT2D eigenvalue weighted by atomic mass is 10.3. The second-order valence-corrected chi connectivity index (χ2v) is 2.67. The van der Waals surface area contributed by atoms with Crippen LogP contribution in [0.4, 0.5) is 0 Å². The van der Waals surface area contributed by atoms with Crippen LogP contribution in [0.5, 0.6) is 0 Å². The maximum Gasteiger partial charge on any atom is 0.224 e. The zero-order valence-electron chi connectivity index (χ0n) is 6.42. The van der Waals surface area contributed by atoms with Crippen LogP contribution in [0.15, 0.2) is 21.9 Å². The molecule has 60 valence electrons. The number of H-pyrrole nitrogens is 1. The fourth-order valence-electron chi connectivity index (χ4n) is 1.09. The molecule has 0 aromatic carbocycles. The van der Waals surface area contributed by atoms with Crippen molar-refractivity contribution in [1.29, 1.82) is 0 Å². The van der Waals surface area contributed by atoms with Gasteiger partial charge in [-0.05, 0) is 13.0 Å². The van der Waals surface area contributed by atoms with Crippen molar-refractivity contribution in [2.45, 2.75) is 6.92 Å². The SMILES string of the molecule is Cc1cc(=O)c2cnc([nH]2)c1=O. The smallest absolute Gasteiger partial charge is 0.224 e. The summed E-state index contributed by atoms with van der Waals surface area (Å²) >= 11 is 0. The van der Waals surface area contributed by atoms with Gasteiger partial charge in [-0.3, -0.25) is 9.59 Å². The molecule has 0 amide bonds. The first-order chi connectivity index (χ1) is 5.68. The molecule has 0 saturated heterocycles. The minimum absolute atomic E-state index is 0.197. The number of aromatic amines is 1.